The number of halogens is 9. The van der Waals surface area contributed by atoms with Crippen molar-refractivity contribution in [2.45, 2.75) is 63.5 Å². The molecule has 1 amide bonds. The zero-order valence-corrected chi connectivity index (χ0v) is 17.5. The smallest absolute Gasteiger partial charge is 0.460 e. The minimum Gasteiger partial charge on any atom is -0.462 e. The maximum atomic E-state index is 13.9. The van der Waals surface area contributed by atoms with Gasteiger partial charge in [0, 0.05) is 4.88 Å². The Kier molecular flexibility index (Phi) is 7.18. The molecule has 0 fully saturated rings. The highest BCUT2D eigenvalue weighted by Gasteiger charge is 2.83. The lowest BCUT2D eigenvalue weighted by molar-refractivity contribution is -0.388. The highest BCUT2D eigenvalue weighted by molar-refractivity contribution is 7.17. The van der Waals surface area contributed by atoms with Gasteiger partial charge in [-0.1, -0.05) is 13.3 Å². The fourth-order valence-electron chi connectivity index (χ4n) is 3.21. The largest absolute Gasteiger partial charge is 0.462 e. The van der Waals surface area contributed by atoms with E-state index in [1.165, 1.54) is 12.2 Å². The van der Waals surface area contributed by atoms with Gasteiger partial charge in [-0.15, -0.1) is 11.3 Å². The number of hydrogen-bond donors (Lipinski definition) is 1. The molecule has 0 bridgehead atoms. The van der Waals surface area contributed by atoms with E-state index in [4.69, 9.17) is 4.74 Å². The van der Waals surface area contributed by atoms with Crippen molar-refractivity contribution < 1.29 is 53.8 Å². The average Bonchev–Trinajstić information content (AvgIpc) is 3.03. The first-order chi connectivity index (χ1) is 14.5. The third-order valence-electron chi connectivity index (χ3n) is 5.08. The van der Waals surface area contributed by atoms with E-state index >= 15 is 0 Å². The van der Waals surface area contributed by atoms with E-state index in [0.717, 1.165) is 6.42 Å². The van der Waals surface area contributed by atoms with Crippen molar-refractivity contribution in [3.8, 4) is 0 Å². The lowest BCUT2D eigenvalue weighted by Gasteiger charge is -2.32. The lowest BCUT2D eigenvalue weighted by atomic mass is 9.85. The van der Waals surface area contributed by atoms with Crippen molar-refractivity contribution in [2.75, 3.05) is 11.9 Å². The van der Waals surface area contributed by atoms with Gasteiger partial charge in [-0.05, 0) is 37.7 Å². The van der Waals surface area contributed by atoms with E-state index in [1.807, 2.05) is 6.92 Å². The summed E-state index contributed by atoms with van der Waals surface area (Å²) >= 11 is 0.583. The predicted octanol–water partition coefficient (Wildman–Crippen LogP) is 5.85. The Balaban J connectivity index is 2.46. The summed E-state index contributed by atoms with van der Waals surface area (Å²) in [5.41, 5.74) is -0.0828. The fourth-order valence-corrected chi connectivity index (χ4v) is 4.55. The molecule has 1 N–H and O–H groups in total. The minimum atomic E-state index is -7.20. The first-order valence-corrected chi connectivity index (χ1v) is 10.2. The highest BCUT2D eigenvalue weighted by atomic mass is 32.1. The number of nitrogens with one attached hydrogen (secondary N) is 1. The van der Waals surface area contributed by atoms with Gasteiger partial charge in [-0.25, -0.2) is 4.79 Å². The average molecular weight is 499 g/mol. The standard InChI is InChI=1S/C18H18F9NO3S/c1-3-8-5-6-9-10(7-8)32-12(11(9)13(29)31-4-2)28-14(30)15(19,20)16(21,22)17(23,24)18(25,26)27/h8H,3-7H2,1-2H3,(H,28,30). The number of rotatable bonds is 7. The van der Waals surface area contributed by atoms with Crippen molar-refractivity contribution in [3.05, 3.63) is 16.0 Å². The van der Waals surface area contributed by atoms with Crippen LogP contribution in [0.3, 0.4) is 0 Å². The summed E-state index contributed by atoms with van der Waals surface area (Å²) in [5, 5.41) is 0.578. The molecule has 0 aliphatic heterocycles. The van der Waals surface area contributed by atoms with Crippen LogP contribution in [0.25, 0.3) is 0 Å². The Morgan fingerprint density at radius 2 is 1.62 bits per heavy atom. The Bertz CT molecular complexity index is 880. The SMILES string of the molecule is CCOC(=O)c1c(NC(=O)C(F)(F)C(F)(F)C(F)(F)C(F)(F)F)sc2c1CCC(CC)C2. The Hall–Kier alpha value is -1.99. The molecule has 0 saturated carbocycles. The van der Waals surface area contributed by atoms with Crippen LogP contribution in [0.4, 0.5) is 44.5 Å². The first kappa shape index (κ1) is 26.3. The topological polar surface area (TPSA) is 55.4 Å². The highest BCUT2D eigenvalue weighted by Crippen LogP contribution is 2.53. The van der Waals surface area contributed by atoms with Crippen LogP contribution in [-0.4, -0.2) is 42.4 Å². The molecule has 1 aliphatic carbocycles. The molecule has 0 spiro atoms. The molecule has 0 saturated heterocycles. The monoisotopic (exact) mass is 499 g/mol. The summed E-state index contributed by atoms with van der Waals surface area (Å²) in [5.74, 6) is -24.8. The maximum absolute atomic E-state index is 13.9. The number of fused-ring (bicyclic) bond motifs is 1. The van der Waals surface area contributed by atoms with Crippen LogP contribution in [0.1, 0.15) is 47.5 Å². The Labute approximate surface area is 180 Å². The lowest BCUT2D eigenvalue weighted by Crippen LogP contribution is -2.64. The number of esters is 1. The molecule has 1 atom stereocenters. The van der Waals surface area contributed by atoms with E-state index in [1.54, 1.807) is 0 Å². The molecule has 1 aromatic rings. The molecule has 0 aromatic carbocycles. The fraction of sp³-hybridized carbons (Fsp3) is 0.667. The number of carbonyl (C=O) groups is 2. The number of anilines is 1. The first-order valence-electron chi connectivity index (χ1n) is 9.36. The summed E-state index contributed by atoms with van der Waals surface area (Å²) in [6.45, 7) is 3.12. The Morgan fingerprint density at radius 3 is 2.12 bits per heavy atom. The quantitative estimate of drug-likeness (QED) is 0.379. The van der Waals surface area contributed by atoms with E-state index in [0.29, 0.717) is 34.6 Å². The molecule has 1 aliphatic rings. The molecule has 2 rings (SSSR count). The third kappa shape index (κ3) is 4.29. The number of hydrogen-bond acceptors (Lipinski definition) is 4. The number of alkyl halides is 9. The second kappa shape index (κ2) is 8.75. The van der Waals surface area contributed by atoms with Crippen molar-refractivity contribution >= 4 is 28.2 Å². The normalized spacial score (nSPS) is 17.7. The van der Waals surface area contributed by atoms with E-state index < -0.39 is 46.4 Å². The molecule has 1 unspecified atom stereocenters. The molecule has 14 heteroatoms. The van der Waals surface area contributed by atoms with Gasteiger partial charge in [-0.2, -0.15) is 39.5 Å². The second-order valence-electron chi connectivity index (χ2n) is 7.12. The Morgan fingerprint density at radius 1 is 1.03 bits per heavy atom. The molecule has 1 aromatic heterocycles. The molecule has 0 radical (unpaired) electrons. The van der Waals surface area contributed by atoms with Crippen LogP contribution in [0.15, 0.2) is 0 Å². The van der Waals surface area contributed by atoms with E-state index in [9.17, 15) is 49.1 Å². The van der Waals surface area contributed by atoms with Gasteiger partial charge in [0.2, 0.25) is 0 Å². The molecule has 1 heterocycles. The summed E-state index contributed by atoms with van der Waals surface area (Å²) in [4.78, 5) is 24.6. The molecule has 4 nitrogen and oxygen atoms in total. The van der Waals surface area contributed by atoms with Gasteiger partial charge in [0.05, 0.1) is 12.2 Å². The zero-order valence-electron chi connectivity index (χ0n) is 16.6. The predicted molar refractivity (Wildman–Crippen MR) is 95.6 cm³/mol. The van der Waals surface area contributed by atoms with Crippen LogP contribution >= 0.6 is 11.3 Å². The summed E-state index contributed by atoms with van der Waals surface area (Å²) in [6.07, 6.45) is -5.09. The van der Waals surface area contributed by atoms with Crippen LogP contribution in [0, 0.1) is 5.92 Å². The van der Waals surface area contributed by atoms with Crippen LogP contribution in [0.5, 0.6) is 0 Å². The number of carbonyl (C=O) groups excluding carboxylic acids is 2. The van der Waals surface area contributed by atoms with Crippen molar-refractivity contribution in [1.29, 1.82) is 0 Å². The van der Waals surface area contributed by atoms with Gasteiger partial charge in [-0.3, -0.25) is 4.79 Å². The molecular formula is C18H18F9NO3S. The van der Waals surface area contributed by atoms with Gasteiger partial charge in [0.25, 0.3) is 0 Å². The summed E-state index contributed by atoms with van der Waals surface area (Å²) < 4.78 is 123. The number of amides is 1. The van der Waals surface area contributed by atoms with Crippen molar-refractivity contribution in [3.63, 3.8) is 0 Å². The third-order valence-corrected chi connectivity index (χ3v) is 6.25. The van der Waals surface area contributed by atoms with E-state index in [2.05, 4.69) is 0 Å². The number of thiophene rings is 1. The van der Waals surface area contributed by atoms with Crippen molar-refractivity contribution in [1.82, 2.24) is 0 Å². The van der Waals surface area contributed by atoms with Crippen LogP contribution < -0.4 is 5.32 Å². The minimum absolute atomic E-state index is 0.149. The van der Waals surface area contributed by atoms with Gasteiger partial charge in [0.15, 0.2) is 0 Å². The molecule has 182 valence electrons. The van der Waals surface area contributed by atoms with Crippen LogP contribution in [0.2, 0.25) is 0 Å². The van der Waals surface area contributed by atoms with Gasteiger partial charge in [0.1, 0.15) is 5.00 Å². The van der Waals surface area contributed by atoms with Crippen molar-refractivity contribution in [2.24, 2.45) is 5.92 Å². The summed E-state index contributed by atoms with van der Waals surface area (Å²) in [6, 6.07) is 0. The second-order valence-corrected chi connectivity index (χ2v) is 8.23. The van der Waals surface area contributed by atoms with Crippen LogP contribution in [-0.2, 0) is 22.4 Å². The van der Waals surface area contributed by atoms with E-state index in [-0.39, 0.29) is 18.9 Å². The van der Waals surface area contributed by atoms with Gasteiger partial charge >= 0.3 is 35.8 Å². The van der Waals surface area contributed by atoms with Gasteiger partial charge < -0.3 is 10.1 Å². The molecular weight excluding hydrogens is 481 g/mol. The number of ether oxygens (including phenoxy) is 1. The summed E-state index contributed by atoms with van der Waals surface area (Å²) in [7, 11) is 0. The molecule has 32 heavy (non-hydrogen) atoms. The zero-order chi connectivity index (χ0) is 24.7. The maximum Gasteiger partial charge on any atom is 0.460 e.